The third kappa shape index (κ3) is 4.69. The number of nitriles is 1. The molecule has 0 bridgehead atoms. The molecule has 0 saturated carbocycles. The quantitative estimate of drug-likeness (QED) is 0.556. The molecule has 1 aromatic heterocycles. The number of hydrogen-bond acceptors (Lipinski definition) is 4. The van der Waals surface area contributed by atoms with Crippen LogP contribution in [-0.2, 0) is 11.2 Å². The normalized spacial score (nSPS) is 14.0. The maximum absolute atomic E-state index is 13.4. The smallest absolute Gasteiger partial charge is 0.307 e. The Bertz CT molecular complexity index is 1190. The van der Waals surface area contributed by atoms with Gasteiger partial charge in [0.25, 0.3) is 0 Å². The SMILES string of the molecule is Cc1c(C(=O)CN2CCCCC2)c2ccc(CC(=O)O)cc2n1-c1ccc(C#N)cc1.Cl. The Labute approximate surface area is 193 Å². The molecule has 6 nitrogen and oxygen atoms in total. The van der Waals surface area contributed by atoms with Crippen LogP contribution in [0, 0.1) is 18.3 Å². The molecule has 7 heteroatoms. The van der Waals surface area contributed by atoms with E-state index in [4.69, 9.17) is 5.26 Å². The number of likely N-dealkylation sites (tertiary alicyclic amines) is 1. The minimum absolute atomic E-state index is 0. The van der Waals surface area contributed by atoms with Crippen LogP contribution in [0.25, 0.3) is 16.6 Å². The molecule has 1 saturated heterocycles. The molecule has 2 aromatic carbocycles. The number of halogens is 1. The second-order valence-electron chi connectivity index (χ2n) is 8.14. The van der Waals surface area contributed by atoms with Crippen LogP contribution in [0.15, 0.2) is 42.5 Å². The average Bonchev–Trinajstić information content (AvgIpc) is 3.05. The highest BCUT2D eigenvalue weighted by atomic mass is 35.5. The summed E-state index contributed by atoms with van der Waals surface area (Å²) in [6.45, 7) is 4.21. The summed E-state index contributed by atoms with van der Waals surface area (Å²) in [4.78, 5) is 26.8. The van der Waals surface area contributed by atoms with E-state index < -0.39 is 5.97 Å². The van der Waals surface area contributed by atoms with Gasteiger partial charge in [-0.2, -0.15) is 5.26 Å². The highest BCUT2D eigenvalue weighted by Crippen LogP contribution is 2.31. The number of carbonyl (C=O) groups excluding carboxylic acids is 1. The van der Waals surface area contributed by atoms with Gasteiger partial charge in [0, 0.05) is 22.3 Å². The molecule has 1 aliphatic rings. The monoisotopic (exact) mass is 451 g/mol. The lowest BCUT2D eigenvalue weighted by Crippen LogP contribution is -2.34. The fourth-order valence-electron chi connectivity index (χ4n) is 4.51. The van der Waals surface area contributed by atoms with Crippen LogP contribution < -0.4 is 0 Å². The van der Waals surface area contributed by atoms with Crippen molar-refractivity contribution in [3.63, 3.8) is 0 Å². The molecular formula is C25H26ClN3O3. The topological polar surface area (TPSA) is 86.3 Å². The fourth-order valence-corrected chi connectivity index (χ4v) is 4.51. The first-order valence-electron chi connectivity index (χ1n) is 10.6. The van der Waals surface area contributed by atoms with Gasteiger partial charge in [0.05, 0.1) is 30.1 Å². The number of piperidine rings is 1. The predicted octanol–water partition coefficient (Wildman–Crippen LogP) is 4.53. The van der Waals surface area contributed by atoms with Gasteiger partial charge in [-0.1, -0.05) is 18.6 Å². The van der Waals surface area contributed by atoms with E-state index >= 15 is 0 Å². The Balaban J connectivity index is 0.00000289. The molecular weight excluding hydrogens is 426 g/mol. The van der Waals surface area contributed by atoms with E-state index in [2.05, 4.69) is 11.0 Å². The van der Waals surface area contributed by atoms with Crippen molar-refractivity contribution in [2.45, 2.75) is 32.6 Å². The van der Waals surface area contributed by atoms with Crippen molar-refractivity contribution >= 4 is 35.1 Å². The van der Waals surface area contributed by atoms with Gasteiger partial charge in [-0.25, -0.2) is 0 Å². The number of nitrogens with zero attached hydrogens (tertiary/aromatic N) is 3. The van der Waals surface area contributed by atoms with E-state index in [0.717, 1.165) is 48.2 Å². The number of fused-ring (bicyclic) bond motifs is 1. The molecule has 1 N–H and O–H groups in total. The van der Waals surface area contributed by atoms with Gasteiger partial charge in [0.1, 0.15) is 0 Å². The van der Waals surface area contributed by atoms with E-state index in [1.807, 2.05) is 35.8 Å². The number of carbonyl (C=O) groups is 2. The summed E-state index contributed by atoms with van der Waals surface area (Å²) in [5, 5.41) is 19.2. The van der Waals surface area contributed by atoms with Crippen LogP contribution in [0.1, 0.15) is 46.4 Å². The predicted molar refractivity (Wildman–Crippen MR) is 126 cm³/mol. The summed E-state index contributed by atoms with van der Waals surface area (Å²) < 4.78 is 1.99. The van der Waals surface area contributed by atoms with Crippen molar-refractivity contribution in [1.82, 2.24) is 9.47 Å². The first-order chi connectivity index (χ1) is 15.0. The fraction of sp³-hybridized carbons (Fsp3) is 0.320. The number of Topliss-reactive ketones (excluding diaryl/α,β-unsaturated/α-hetero) is 1. The Kier molecular flexibility index (Phi) is 7.34. The minimum atomic E-state index is -0.894. The Hall–Kier alpha value is -3.14. The molecule has 32 heavy (non-hydrogen) atoms. The third-order valence-electron chi connectivity index (χ3n) is 5.97. The minimum Gasteiger partial charge on any atom is -0.481 e. The number of carboxylic acids is 1. The number of aromatic nitrogens is 1. The van der Waals surface area contributed by atoms with Gasteiger partial charge >= 0.3 is 5.97 Å². The van der Waals surface area contributed by atoms with Crippen LogP contribution in [0.2, 0.25) is 0 Å². The third-order valence-corrected chi connectivity index (χ3v) is 5.97. The molecule has 4 rings (SSSR count). The summed E-state index contributed by atoms with van der Waals surface area (Å²) in [5.41, 5.74) is 4.41. The van der Waals surface area contributed by atoms with Crippen LogP contribution in [0.4, 0.5) is 0 Å². The number of benzene rings is 2. The number of hydrogen-bond donors (Lipinski definition) is 1. The zero-order valence-corrected chi connectivity index (χ0v) is 18.8. The van der Waals surface area contributed by atoms with Gasteiger partial charge in [-0.3, -0.25) is 14.5 Å². The van der Waals surface area contributed by atoms with Gasteiger partial charge < -0.3 is 9.67 Å². The summed E-state index contributed by atoms with van der Waals surface area (Å²) in [7, 11) is 0. The molecule has 166 valence electrons. The Morgan fingerprint density at radius 3 is 2.38 bits per heavy atom. The lowest BCUT2D eigenvalue weighted by Gasteiger charge is -2.25. The standard InChI is InChI=1S/C25H25N3O3.ClH/c1-17-25(23(29)16-27-11-3-2-4-12-27)21-10-7-19(14-24(30)31)13-22(21)28(17)20-8-5-18(15-26)6-9-20;/h5-10,13H,2-4,11-12,14,16H2,1H3,(H,30,31);1H. The molecule has 0 amide bonds. The molecule has 0 unspecified atom stereocenters. The van der Waals surface area contributed by atoms with Gasteiger partial charge in [0.2, 0.25) is 0 Å². The van der Waals surface area contributed by atoms with Crippen molar-refractivity contribution in [3.05, 3.63) is 64.8 Å². The van der Waals surface area contributed by atoms with Crippen molar-refractivity contribution in [2.75, 3.05) is 19.6 Å². The van der Waals surface area contributed by atoms with Crippen molar-refractivity contribution in [1.29, 1.82) is 5.26 Å². The Morgan fingerprint density at radius 2 is 1.75 bits per heavy atom. The maximum atomic E-state index is 13.4. The van der Waals surface area contributed by atoms with Gasteiger partial charge in [-0.05, 0) is 68.8 Å². The zero-order valence-electron chi connectivity index (χ0n) is 18.0. The van der Waals surface area contributed by atoms with E-state index in [9.17, 15) is 14.7 Å². The summed E-state index contributed by atoms with van der Waals surface area (Å²) >= 11 is 0. The summed E-state index contributed by atoms with van der Waals surface area (Å²) in [6.07, 6.45) is 3.38. The molecule has 0 radical (unpaired) electrons. The summed E-state index contributed by atoms with van der Waals surface area (Å²) in [6, 6.07) is 14.8. The van der Waals surface area contributed by atoms with Crippen LogP contribution in [0.3, 0.4) is 0 Å². The molecule has 1 aliphatic heterocycles. The molecule has 2 heterocycles. The number of rotatable bonds is 6. The van der Waals surface area contributed by atoms with Gasteiger partial charge in [-0.15, -0.1) is 12.4 Å². The van der Waals surface area contributed by atoms with E-state index in [-0.39, 0.29) is 24.6 Å². The highest BCUT2D eigenvalue weighted by Gasteiger charge is 2.23. The second kappa shape index (κ2) is 9.99. The molecule has 1 fully saturated rings. The lowest BCUT2D eigenvalue weighted by molar-refractivity contribution is -0.136. The number of ketones is 1. The maximum Gasteiger partial charge on any atom is 0.307 e. The van der Waals surface area contributed by atoms with E-state index in [1.165, 1.54) is 6.42 Å². The number of aliphatic carboxylic acids is 1. The summed E-state index contributed by atoms with van der Waals surface area (Å²) in [5.74, 6) is -0.809. The van der Waals surface area contributed by atoms with Crippen LogP contribution in [0.5, 0.6) is 0 Å². The average molecular weight is 452 g/mol. The molecule has 3 aromatic rings. The number of carboxylic acid groups (broad SMARTS) is 1. The molecule has 0 aliphatic carbocycles. The van der Waals surface area contributed by atoms with Crippen molar-refractivity contribution < 1.29 is 14.7 Å². The zero-order chi connectivity index (χ0) is 22.0. The van der Waals surface area contributed by atoms with Gasteiger partial charge in [0.15, 0.2) is 5.78 Å². The lowest BCUT2D eigenvalue weighted by atomic mass is 10.0. The largest absolute Gasteiger partial charge is 0.481 e. The highest BCUT2D eigenvalue weighted by molar-refractivity contribution is 6.11. The molecule has 0 atom stereocenters. The first kappa shape index (κ1) is 23.5. The Morgan fingerprint density at radius 1 is 1.06 bits per heavy atom. The van der Waals surface area contributed by atoms with E-state index in [1.54, 1.807) is 18.2 Å². The van der Waals surface area contributed by atoms with Crippen LogP contribution in [-0.4, -0.2) is 46.0 Å². The molecule has 0 spiro atoms. The van der Waals surface area contributed by atoms with Crippen molar-refractivity contribution in [2.24, 2.45) is 0 Å². The van der Waals surface area contributed by atoms with Crippen molar-refractivity contribution in [3.8, 4) is 11.8 Å². The van der Waals surface area contributed by atoms with E-state index in [0.29, 0.717) is 23.2 Å². The van der Waals surface area contributed by atoms with Crippen LogP contribution >= 0.6 is 12.4 Å². The second-order valence-corrected chi connectivity index (χ2v) is 8.14. The first-order valence-corrected chi connectivity index (χ1v) is 10.6.